The first-order chi connectivity index (χ1) is 10.0. The molecule has 0 fully saturated rings. The van der Waals surface area contributed by atoms with Crippen LogP contribution in [0.1, 0.15) is 24.5 Å². The SMILES string of the molecule is CC/C(=N\Nc1ccc(C)c(Cl)c1)c1cc(F)ccc1O. The number of hydrogen-bond acceptors (Lipinski definition) is 3. The van der Waals surface area contributed by atoms with Gasteiger partial charge in [0, 0.05) is 10.6 Å². The number of nitrogens with zero attached hydrogens (tertiary/aromatic N) is 1. The molecule has 2 rings (SSSR count). The van der Waals surface area contributed by atoms with Gasteiger partial charge in [-0.2, -0.15) is 5.10 Å². The molecule has 21 heavy (non-hydrogen) atoms. The molecule has 3 nitrogen and oxygen atoms in total. The molecule has 0 heterocycles. The van der Waals surface area contributed by atoms with Crippen molar-refractivity contribution < 1.29 is 9.50 Å². The van der Waals surface area contributed by atoms with Gasteiger partial charge in [0.15, 0.2) is 0 Å². The molecule has 0 saturated heterocycles. The van der Waals surface area contributed by atoms with E-state index in [1.54, 1.807) is 6.07 Å². The zero-order chi connectivity index (χ0) is 15.4. The number of rotatable bonds is 4. The molecule has 0 aliphatic carbocycles. The molecule has 110 valence electrons. The highest BCUT2D eigenvalue weighted by atomic mass is 35.5. The molecule has 0 aliphatic rings. The minimum absolute atomic E-state index is 0.000684. The number of phenols is 1. The molecule has 0 saturated carbocycles. The number of halogens is 2. The van der Waals surface area contributed by atoms with E-state index in [-0.39, 0.29) is 5.75 Å². The van der Waals surface area contributed by atoms with Crippen molar-refractivity contribution in [2.75, 3.05) is 5.43 Å². The highest BCUT2D eigenvalue weighted by molar-refractivity contribution is 6.31. The second-order valence-corrected chi connectivity index (χ2v) is 5.06. The summed E-state index contributed by atoms with van der Waals surface area (Å²) >= 11 is 6.05. The molecule has 0 aromatic heterocycles. The van der Waals surface area contributed by atoms with Gasteiger partial charge < -0.3 is 5.11 Å². The number of anilines is 1. The molecule has 2 aromatic carbocycles. The van der Waals surface area contributed by atoms with E-state index in [4.69, 9.17) is 11.6 Å². The predicted molar refractivity (Wildman–Crippen MR) is 84.7 cm³/mol. The van der Waals surface area contributed by atoms with Crippen molar-refractivity contribution in [2.24, 2.45) is 5.10 Å². The Morgan fingerprint density at radius 3 is 2.71 bits per heavy atom. The van der Waals surface area contributed by atoms with E-state index < -0.39 is 5.82 Å². The predicted octanol–water partition coefficient (Wildman–Crippen LogP) is 4.72. The van der Waals surface area contributed by atoms with E-state index >= 15 is 0 Å². The lowest BCUT2D eigenvalue weighted by Gasteiger charge is -2.09. The number of nitrogens with one attached hydrogen (secondary N) is 1. The van der Waals surface area contributed by atoms with Crippen LogP contribution in [0.3, 0.4) is 0 Å². The summed E-state index contributed by atoms with van der Waals surface area (Å²) in [6.07, 6.45) is 0.545. The molecule has 0 bridgehead atoms. The van der Waals surface area contributed by atoms with Gasteiger partial charge in [-0.3, -0.25) is 5.43 Å². The summed E-state index contributed by atoms with van der Waals surface area (Å²) in [6, 6.07) is 9.29. The van der Waals surface area contributed by atoms with Crippen molar-refractivity contribution in [3.05, 3.63) is 58.4 Å². The highest BCUT2D eigenvalue weighted by Crippen LogP contribution is 2.22. The quantitative estimate of drug-likeness (QED) is 0.634. The Morgan fingerprint density at radius 2 is 2.05 bits per heavy atom. The van der Waals surface area contributed by atoms with Crippen LogP contribution in [0.4, 0.5) is 10.1 Å². The Labute approximate surface area is 128 Å². The Bertz CT molecular complexity index is 686. The van der Waals surface area contributed by atoms with Crippen molar-refractivity contribution in [1.29, 1.82) is 0 Å². The van der Waals surface area contributed by atoms with Crippen molar-refractivity contribution in [2.45, 2.75) is 20.3 Å². The largest absolute Gasteiger partial charge is 0.507 e. The molecule has 0 radical (unpaired) electrons. The maximum absolute atomic E-state index is 13.3. The maximum Gasteiger partial charge on any atom is 0.124 e. The molecule has 0 atom stereocenters. The Hall–Kier alpha value is -2.07. The van der Waals surface area contributed by atoms with E-state index in [1.807, 2.05) is 26.0 Å². The van der Waals surface area contributed by atoms with E-state index in [0.29, 0.717) is 22.7 Å². The van der Waals surface area contributed by atoms with Gasteiger partial charge in [0.25, 0.3) is 0 Å². The van der Waals surface area contributed by atoms with Crippen molar-refractivity contribution >= 4 is 23.0 Å². The summed E-state index contributed by atoms with van der Waals surface area (Å²) in [5.74, 6) is -0.414. The normalized spacial score (nSPS) is 11.5. The average molecular weight is 307 g/mol. The van der Waals surface area contributed by atoms with Crippen LogP contribution in [0.5, 0.6) is 5.75 Å². The van der Waals surface area contributed by atoms with Gasteiger partial charge in [-0.05, 0) is 49.2 Å². The zero-order valence-corrected chi connectivity index (χ0v) is 12.6. The minimum Gasteiger partial charge on any atom is -0.507 e. The van der Waals surface area contributed by atoms with Crippen LogP contribution in [0.15, 0.2) is 41.5 Å². The molecule has 5 heteroatoms. The minimum atomic E-state index is -0.415. The summed E-state index contributed by atoms with van der Waals surface area (Å²) in [7, 11) is 0. The summed E-state index contributed by atoms with van der Waals surface area (Å²) < 4.78 is 13.3. The third-order valence-electron chi connectivity index (χ3n) is 3.10. The topological polar surface area (TPSA) is 44.6 Å². The summed E-state index contributed by atoms with van der Waals surface area (Å²) in [4.78, 5) is 0. The molecule has 0 aliphatic heterocycles. The number of benzene rings is 2. The third kappa shape index (κ3) is 3.73. The first kappa shape index (κ1) is 15.3. The fourth-order valence-electron chi connectivity index (χ4n) is 1.86. The second kappa shape index (κ2) is 6.59. The molecular formula is C16H16ClFN2O. The van der Waals surface area contributed by atoms with Crippen molar-refractivity contribution in [3.63, 3.8) is 0 Å². The van der Waals surface area contributed by atoms with Gasteiger partial charge in [0.2, 0.25) is 0 Å². The smallest absolute Gasteiger partial charge is 0.124 e. The molecule has 2 aromatic rings. The van der Waals surface area contributed by atoms with Crippen LogP contribution >= 0.6 is 11.6 Å². The Balaban J connectivity index is 2.28. The lowest BCUT2D eigenvalue weighted by atomic mass is 10.1. The van der Waals surface area contributed by atoms with Crippen LogP contribution in [-0.4, -0.2) is 10.8 Å². The van der Waals surface area contributed by atoms with Gasteiger partial charge in [-0.15, -0.1) is 0 Å². The molecular weight excluding hydrogens is 291 g/mol. The number of aromatic hydroxyl groups is 1. The third-order valence-corrected chi connectivity index (χ3v) is 3.50. The van der Waals surface area contributed by atoms with Gasteiger partial charge in [-0.25, -0.2) is 4.39 Å². The van der Waals surface area contributed by atoms with E-state index in [1.165, 1.54) is 18.2 Å². The summed E-state index contributed by atoms with van der Waals surface area (Å²) in [6.45, 7) is 3.80. The van der Waals surface area contributed by atoms with Crippen LogP contribution < -0.4 is 5.43 Å². The monoisotopic (exact) mass is 306 g/mol. The lowest BCUT2D eigenvalue weighted by molar-refractivity contribution is 0.471. The average Bonchev–Trinajstić information content (AvgIpc) is 2.46. The van der Waals surface area contributed by atoms with E-state index in [9.17, 15) is 9.50 Å². The van der Waals surface area contributed by atoms with Gasteiger partial charge in [0.05, 0.1) is 11.4 Å². The lowest BCUT2D eigenvalue weighted by Crippen LogP contribution is -2.04. The van der Waals surface area contributed by atoms with Gasteiger partial charge >= 0.3 is 0 Å². The summed E-state index contributed by atoms with van der Waals surface area (Å²) in [5.41, 5.74) is 5.52. The number of phenolic OH excluding ortho intramolecular Hbond substituents is 1. The number of aryl methyl sites for hydroxylation is 1. The van der Waals surface area contributed by atoms with Crippen LogP contribution in [0.25, 0.3) is 0 Å². The van der Waals surface area contributed by atoms with Crippen molar-refractivity contribution in [1.82, 2.24) is 0 Å². The van der Waals surface area contributed by atoms with Crippen LogP contribution in [-0.2, 0) is 0 Å². The first-order valence-electron chi connectivity index (χ1n) is 6.59. The van der Waals surface area contributed by atoms with Gasteiger partial charge in [0.1, 0.15) is 11.6 Å². The highest BCUT2D eigenvalue weighted by Gasteiger charge is 2.09. The molecule has 0 spiro atoms. The standard InChI is InChI=1S/C16H16ClFN2O/c1-3-15(13-8-11(18)5-7-16(13)21)20-19-12-6-4-10(2)14(17)9-12/h4-9,19,21H,3H2,1-2H3/b20-15+. The van der Waals surface area contributed by atoms with Crippen LogP contribution in [0, 0.1) is 12.7 Å². The zero-order valence-electron chi connectivity index (χ0n) is 11.8. The Kier molecular flexibility index (Phi) is 4.81. The molecule has 0 unspecified atom stereocenters. The Morgan fingerprint density at radius 1 is 1.29 bits per heavy atom. The number of hydrazone groups is 1. The van der Waals surface area contributed by atoms with Crippen LogP contribution in [0.2, 0.25) is 5.02 Å². The van der Waals surface area contributed by atoms with Crippen molar-refractivity contribution in [3.8, 4) is 5.75 Å². The second-order valence-electron chi connectivity index (χ2n) is 4.65. The molecule has 2 N–H and O–H groups in total. The van der Waals surface area contributed by atoms with E-state index in [2.05, 4.69) is 10.5 Å². The van der Waals surface area contributed by atoms with Gasteiger partial charge in [-0.1, -0.05) is 24.6 Å². The maximum atomic E-state index is 13.3. The fourth-order valence-corrected chi connectivity index (χ4v) is 2.04. The number of hydrogen-bond donors (Lipinski definition) is 2. The summed E-state index contributed by atoms with van der Waals surface area (Å²) in [5, 5.41) is 14.7. The van der Waals surface area contributed by atoms with E-state index in [0.717, 1.165) is 11.3 Å². The fraction of sp³-hybridized carbons (Fsp3) is 0.188. The first-order valence-corrected chi connectivity index (χ1v) is 6.96. The molecule has 0 amide bonds.